The average molecular weight is 334 g/mol. The highest BCUT2D eigenvalue weighted by atomic mass is 32.2. The Balaban J connectivity index is 5.49. The summed E-state index contributed by atoms with van der Waals surface area (Å²) in [6.07, 6.45) is 0.661. The Bertz CT molecular complexity index is 401. The lowest BCUT2D eigenvalue weighted by atomic mass is 10.0. The number of hydrogen-bond acceptors (Lipinski definition) is 6. The van der Waals surface area contributed by atoms with E-state index in [1.165, 1.54) is 18.7 Å². The van der Waals surface area contributed by atoms with Crippen molar-refractivity contribution in [1.82, 2.24) is 4.90 Å². The lowest BCUT2D eigenvalue weighted by Gasteiger charge is -2.31. The van der Waals surface area contributed by atoms with E-state index >= 15 is 0 Å². The van der Waals surface area contributed by atoms with E-state index in [4.69, 9.17) is 5.73 Å². The number of imide groups is 1. The van der Waals surface area contributed by atoms with E-state index in [0.29, 0.717) is 5.75 Å². The van der Waals surface area contributed by atoms with Crippen molar-refractivity contribution < 1.29 is 24.6 Å². The van der Waals surface area contributed by atoms with Crippen molar-refractivity contribution in [1.29, 1.82) is 0 Å². The molecule has 0 heterocycles. The van der Waals surface area contributed by atoms with Gasteiger partial charge in [-0.25, -0.2) is 4.79 Å². The topological polar surface area (TPSA) is 121 Å². The summed E-state index contributed by atoms with van der Waals surface area (Å²) < 4.78 is 0. The van der Waals surface area contributed by atoms with E-state index in [9.17, 15) is 24.6 Å². The summed E-state index contributed by atoms with van der Waals surface area (Å²) in [6.45, 7) is 4.84. The maximum atomic E-state index is 12.4. The molecule has 0 aromatic carbocycles. The van der Waals surface area contributed by atoms with Gasteiger partial charge in [0.2, 0.25) is 11.8 Å². The van der Waals surface area contributed by atoms with Crippen molar-refractivity contribution >= 4 is 29.5 Å². The van der Waals surface area contributed by atoms with E-state index < -0.39 is 36.0 Å². The molecule has 0 saturated heterocycles. The molecular formula is C14H26N2O5S. The van der Waals surface area contributed by atoms with Crippen LogP contribution < -0.4 is 5.73 Å². The number of nitrogens with two attached hydrogens (primary N) is 1. The van der Waals surface area contributed by atoms with Gasteiger partial charge in [-0.1, -0.05) is 13.8 Å². The van der Waals surface area contributed by atoms with Gasteiger partial charge in [-0.2, -0.15) is 11.8 Å². The number of carbonyl (C=O) groups is 3. The number of carbonyl (C=O) groups excluding carboxylic acids is 2. The van der Waals surface area contributed by atoms with Crippen LogP contribution >= 0.6 is 11.8 Å². The minimum atomic E-state index is -1.27. The second-order valence-corrected chi connectivity index (χ2v) is 6.55. The molecule has 22 heavy (non-hydrogen) atoms. The number of aliphatic hydroxyl groups excluding tert-OH is 1. The molecule has 0 fully saturated rings. The smallest absolute Gasteiger partial charge is 0.326 e. The fourth-order valence-corrected chi connectivity index (χ4v) is 2.30. The molecular weight excluding hydrogens is 308 g/mol. The number of aliphatic carboxylic acids is 1. The third kappa shape index (κ3) is 6.33. The first-order valence-corrected chi connectivity index (χ1v) is 8.54. The molecule has 3 atom stereocenters. The van der Waals surface area contributed by atoms with Crippen molar-refractivity contribution in [2.75, 3.05) is 12.0 Å². The zero-order chi connectivity index (χ0) is 17.4. The fourth-order valence-electron chi connectivity index (χ4n) is 1.84. The van der Waals surface area contributed by atoms with E-state index in [1.807, 2.05) is 6.26 Å². The molecule has 0 bridgehead atoms. The predicted molar refractivity (Wildman–Crippen MR) is 85.4 cm³/mol. The molecule has 7 nitrogen and oxygen atoms in total. The van der Waals surface area contributed by atoms with Gasteiger partial charge in [0.05, 0.1) is 18.6 Å². The molecule has 3 unspecified atom stereocenters. The van der Waals surface area contributed by atoms with Crippen LogP contribution in [0.4, 0.5) is 0 Å². The second-order valence-electron chi connectivity index (χ2n) is 5.56. The Morgan fingerprint density at radius 3 is 2.14 bits per heavy atom. The van der Waals surface area contributed by atoms with Crippen LogP contribution in [0, 0.1) is 5.92 Å². The first kappa shape index (κ1) is 20.9. The highest BCUT2D eigenvalue weighted by molar-refractivity contribution is 7.98. The molecule has 0 rings (SSSR count). The number of aliphatic hydroxyl groups is 1. The summed E-state index contributed by atoms with van der Waals surface area (Å²) in [5.41, 5.74) is 5.79. The molecule has 0 aromatic rings. The molecule has 0 radical (unpaired) electrons. The minimum absolute atomic E-state index is 0.138. The summed E-state index contributed by atoms with van der Waals surface area (Å²) >= 11 is 1.42. The standard InChI is InChI=1S/C14H26N2O5S/c1-8(2)12(15)13(19)16(11(18)7-9(3)17)10(14(20)21)5-6-22-4/h8-10,12,17H,5-7,15H2,1-4H3,(H,20,21). The fraction of sp³-hybridized carbons (Fsp3) is 0.786. The number of carboxylic acids is 1. The van der Waals surface area contributed by atoms with Crippen LogP contribution in [-0.2, 0) is 14.4 Å². The lowest BCUT2D eigenvalue weighted by Crippen LogP contribution is -2.56. The Morgan fingerprint density at radius 1 is 1.23 bits per heavy atom. The Kier molecular flexibility index (Phi) is 9.31. The minimum Gasteiger partial charge on any atom is -0.480 e. The highest BCUT2D eigenvalue weighted by Crippen LogP contribution is 2.15. The van der Waals surface area contributed by atoms with Gasteiger partial charge in [0.15, 0.2) is 0 Å². The molecule has 4 N–H and O–H groups in total. The van der Waals surface area contributed by atoms with Crippen LogP contribution in [0.2, 0.25) is 0 Å². The highest BCUT2D eigenvalue weighted by Gasteiger charge is 2.37. The summed E-state index contributed by atoms with van der Waals surface area (Å²) in [5.74, 6) is -2.43. The summed E-state index contributed by atoms with van der Waals surface area (Å²) in [5, 5.41) is 18.7. The first-order valence-electron chi connectivity index (χ1n) is 7.14. The van der Waals surface area contributed by atoms with Gasteiger partial charge in [0, 0.05) is 0 Å². The van der Waals surface area contributed by atoms with Crippen molar-refractivity contribution in [3.8, 4) is 0 Å². The maximum Gasteiger partial charge on any atom is 0.326 e. The SMILES string of the molecule is CSCCC(C(=O)O)N(C(=O)CC(C)O)C(=O)C(N)C(C)C. The van der Waals surface area contributed by atoms with Crippen LogP contribution in [0.3, 0.4) is 0 Å². The number of rotatable bonds is 9. The van der Waals surface area contributed by atoms with Crippen LogP contribution in [-0.4, -0.2) is 63.1 Å². The van der Waals surface area contributed by atoms with E-state index in [1.54, 1.807) is 13.8 Å². The van der Waals surface area contributed by atoms with Crippen LogP contribution in [0.1, 0.15) is 33.6 Å². The monoisotopic (exact) mass is 334 g/mol. The number of amides is 2. The van der Waals surface area contributed by atoms with E-state index in [0.717, 1.165) is 4.90 Å². The zero-order valence-corrected chi connectivity index (χ0v) is 14.3. The lowest BCUT2D eigenvalue weighted by molar-refractivity contribution is -0.159. The predicted octanol–water partition coefficient (Wildman–Crippen LogP) is 0.302. The van der Waals surface area contributed by atoms with Gasteiger partial charge in [0.25, 0.3) is 0 Å². The number of nitrogens with zero attached hydrogens (tertiary/aromatic N) is 1. The number of hydrogen-bond donors (Lipinski definition) is 3. The Labute approximate surface area is 135 Å². The van der Waals surface area contributed by atoms with Crippen LogP contribution in [0.25, 0.3) is 0 Å². The summed E-state index contributed by atoms with van der Waals surface area (Å²) in [6, 6.07) is -2.23. The van der Waals surface area contributed by atoms with E-state index in [-0.39, 0.29) is 18.8 Å². The largest absolute Gasteiger partial charge is 0.480 e. The summed E-state index contributed by atoms with van der Waals surface area (Å²) in [7, 11) is 0. The number of thioether (sulfide) groups is 1. The third-order valence-electron chi connectivity index (χ3n) is 3.17. The molecule has 0 aliphatic carbocycles. The van der Waals surface area contributed by atoms with E-state index in [2.05, 4.69) is 0 Å². The van der Waals surface area contributed by atoms with Crippen molar-refractivity contribution in [3.63, 3.8) is 0 Å². The van der Waals surface area contributed by atoms with Gasteiger partial charge < -0.3 is 15.9 Å². The van der Waals surface area contributed by atoms with Gasteiger partial charge in [-0.3, -0.25) is 14.5 Å². The Morgan fingerprint density at radius 2 is 1.77 bits per heavy atom. The molecule has 128 valence electrons. The number of carboxylic acid groups (broad SMARTS) is 1. The molecule has 0 aliphatic rings. The Hall–Kier alpha value is -1.12. The van der Waals surface area contributed by atoms with Crippen LogP contribution in [0.15, 0.2) is 0 Å². The van der Waals surface area contributed by atoms with Gasteiger partial charge in [-0.15, -0.1) is 0 Å². The molecule has 0 saturated carbocycles. The van der Waals surface area contributed by atoms with Crippen LogP contribution in [0.5, 0.6) is 0 Å². The van der Waals surface area contributed by atoms with Crippen molar-refractivity contribution in [2.24, 2.45) is 11.7 Å². The molecule has 0 aliphatic heterocycles. The van der Waals surface area contributed by atoms with Crippen molar-refractivity contribution in [2.45, 2.75) is 51.8 Å². The van der Waals surface area contributed by atoms with Gasteiger partial charge in [-0.05, 0) is 31.3 Å². The average Bonchev–Trinajstić information content (AvgIpc) is 2.40. The van der Waals surface area contributed by atoms with Crippen molar-refractivity contribution in [3.05, 3.63) is 0 Å². The summed E-state index contributed by atoms with van der Waals surface area (Å²) in [4.78, 5) is 36.9. The molecule has 0 aromatic heterocycles. The quantitative estimate of drug-likeness (QED) is 0.554. The third-order valence-corrected chi connectivity index (χ3v) is 3.82. The molecule has 2 amide bonds. The van der Waals surface area contributed by atoms with Gasteiger partial charge in [0.1, 0.15) is 6.04 Å². The second kappa shape index (κ2) is 9.81. The first-order chi connectivity index (χ1) is 10.1. The van der Waals surface area contributed by atoms with Gasteiger partial charge >= 0.3 is 5.97 Å². The maximum absolute atomic E-state index is 12.4. The zero-order valence-electron chi connectivity index (χ0n) is 13.5. The normalized spacial score (nSPS) is 15.2. The molecule has 0 spiro atoms. The molecule has 8 heteroatoms.